The molecule has 1 N–H and O–H groups in total. The number of carbonyl (C=O) groups is 2. The number of nitrogens with one attached hydrogen (secondary N) is 1. The molecule has 0 radical (unpaired) electrons. The Bertz CT molecular complexity index is 1790. The lowest BCUT2D eigenvalue weighted by Crippen LogP contribution is -2.54. The predicted octanol–water partition coefficient (Wildman–Crippen LogP) is 7.28. The largest absolute Gasteiger partial charge is 0.494 e. The number of halogens is 3. The zero-order valence-corrected chi connectivity index (χ0v) is 29.2. The van der Waals surface area contributed by atoms with Gasteiger partial charge in [0.2, 0.25) is 11.8 Å². The smallest absolute Gasteiger partial charge is 0.264 e. The van der Waals surface area contributed by atoms with Crippen LogP contribution in [-0.2, 0) is 32.6 Å². The third kappa shape index (κ3) is 9.49. The highest BCUT2D eigenvalue weighted by atomic mass is 35.5. The zero-order valence-electron chi connectivity index (χ0n) is 26.9. The van der Waals surface area contributed by atoms with E-state index in [1.165, 1.54) is 41.3 Å². The molecule has 4 aromatic carbocycles. The van der Waals surface area contributed by atoms with Crippen LogP contribution in [0.4, 0.5) is 10.1 Å². The van der Waals surface area contributed by atoms with Crippen molar-refractivity contribution in [3.8, 4) is 5.75 Å². The van der Waals surface area contributed by atoms with E-state index in [1.54, 1.807) is 18.2 Å². The van der Waals surface area contributed by atoms with Crippen LogP contribution < -0.4 is 14.4 Å². The molecule has 2 atom stereocenters. The fourth-order valence-electron chi connectivity index (χ4n) is 4.97. The molecule has 0 saturated carbocycles. The summed E-state index contributed by atoms with van der Waals surface area (Å²) in [6.07, 6.45) is 0.807. The van der Waals surface area contributed by atoms with E-state index >= 15 is 0 Å². The third-order valence-corrected chi connectivity index (χ3v) is 10.3. The standard InChI is InChI=1S/C36H38Cl2FN3O5S/c1-4-25(3)40-36(44)34(22-26-9-7-6-8-10-26)41(23-27-11-20-32(37)33(38)21-27)35(43)24-42(29-14-12-28(39)13-15-29)48(45,46)31-18-16-30(17-19-31)47-5-2/h6-21,25,34H,4-5,22-24H2,1-3H3,(H,40,44)/t25-,34+/m1/s1. The first-order valence-corrected chi connectivity index (χ1v) is 17.7. The summed E-state index contributed by atoms with van der Waals surface area (Å²) < 4.78 is 48.7. The molecule has 8 nitrogen and oxygen atoms in total. The molecule has 0 spiro atoms. The van der Waals surface area contributed by atoms with E-state index in [9.17, 15) is 22.4 Å². The van der Waals surface area contributed by atoms with Crippen LogP contribution >= 0.6 is 23.2 Å². The lowest BCUT2D eigenvalue weighted by atomic mass is 10.0. The second-order valence-electron chi connectivity index (χ2n) is 11.2. The highest BCUT2D eigenvalue weighted by Gasteiger charge is 2.35. The highest BCUT2D eigenvalue weighted by molar-refractivity contribution is 7.92. The Balaban J connectivity index is 1.81. The van der Waals surface area contributed by atoms with Crippen LogP contribution in [-0.4, -0.2) is 50.4 Å². The van der Waals surface area contributed by atoms with E-state index in [-0.39, 0.29) is 34.6 Å². The quantitative estimate of drug-likeness (QED) is 0.140. The molecule has 0 aliphatic carbocycles. The van der Waals surface area contributed by atoms with Gasteiger partial charge in [0.25, 0.3) is 10.0 Å². The fraction of sp³-hybridized carbons (Fsp3) is 0.278. The van der Waals surface area contributed by atoms with Gasteiger partial charge in [-0.2, -0.15) is 0 Å². The van der Waals surface area contributed by atoms with Crippen molar-refractivity contribution in [2.24, 2.45) is 0 Å². The third-order valence-electron chi connectivity index (χ3n) is 7.73. The van der Waals surface area contributed by atoms with Crippen molar-refractivity contribution >= 4 is 50.7 Å². The molecule has 0 bridgehead atoms. The Labute approximate surface area is 291 Å². The number of hydrogen-bond acceptors (Lipinski definition) is 5. The molecule has 0 saturated heterocycles. The van der Waals surface area contributed by atoms with E-state index in [2.05, 4.69) is 5.32 Å². The molecule has 0 heterocycles. The van der Waals surface area contributed by atoms with Crippen molar-refractivity contribution in [2.75, 3.05) is 17.5 Å². The van der Waals surface area contributed by atoms with Crippen LogP contribution in [0.3, 0.4) is 0 Å². The van der Waals surface area contributed by atoms with E-state index in [0.717, 1.165) is 22.0 Å². The van der Waals surface area contributed by atoms with Crippen molar-refractivity contribution in [1.82, 2.24) is 10.2 Å². The lowest BCUT2D eigenvalue weighted by Gasteiger charge is -2.34. The number of ether oxygens (including phenoxy) is 1. The molecule has 0 aromatic heterocycles. The van der Waals surface area contributed by atoms with Gasteiger partial charge < -0.3 is 15.0 Å². The van der Waals surface area contributed by atoms with Crippen LogP contribution in [0.15, 0.2) is 102 Å². The number of amides is 2. The molecule has 4 rings (SSSR count). The maximum Gasteiger partial charge on any atom is 0.264 e. The Morgan fingerprint density at radius 1 is 0.875 bits per heavy atom. The van der Waals surface area contributed by atoms with Gasteiger partial charge in [-0.05, 0) is 92.1 Å². The van der Waals surface area contributed by atoms with Gasteiger partial charge in [-0.3, -0.25) is 13.9 Å². The molecule has 254 valence electrons. The normalized spacial score (nSPS) is 12.5. The van der Waals surface area contributed by atoms with Crippen molar-refractivity contribution in [3.63, 3.8) is 0 Å². The van der Waals surface area contributed by atoms with E-state index in [0.29, 0.717) is 29.4 Å². The zero-order chi connectivity index (χ0) is 34.8. The molecular weight excluding hydrogens is 676 g/mol. The molecule has 0 aliphatic rings. The maximum atomic E-state index is 14.5. The average molecular weight is 715 g/mol. The van der Waals surface area contributed by atoms with Gasteiger partial charge in [0.05, 0.1) is 27.2 Å². The van der Waals surface area contributed by atoms with E-state index < -0.39 is 40.2 Å². The van der Waals surface area contributed by atoms with Gasteiger partial charge >= 0.3 is 0 Å². The second-order valence-corrected chi connectivity index (χ2v) is 13.9. The molecule has 0 fully saturated rings. The summed E-state index contributed by atoms with van der Waals surface area (Å²) in [5.41, 5.74) is 1.44. The first-order valence-electron chi connectivity index (χ1n) is 15.5. The Morgan fingerprint density at radius 3 is 2.15 bits per heavy atom. The number of hydrogen-bond donors (Lipinski definition) is 1. The topological polar surface area (TPSA) is 96.0 Å². The molecule has 0 aliphatic heterocycles. The van der Waals surface area contributed by atoms with Crippen LogP contribution in [0.2, 0.25) is 10.0 Å². The number of anilines is 1. The molecule has 12 heteroatoms. The SMILES string of the molecule is CCOc1ccc(S(=O)(=O)N(CC(=O)N(Cc2ccc(Cl)c(Cl)c2)[C@@H](Cc2ccccc2)C(=O)N[C@H](C)CC)c2ccc(F)cc2)cc1. The summed E-state index contributed by atoms with van der Waals surface area (Å²) in [5, 5.41) is 3.57. The molecule has 4 aromatic rings. The maximum absolute atomic E-state index is 14.5. The van der Waals surface area contributed by atoms with Crippen LogP contribution in [0.1, 0.15) is 38.3 Å². The van der Waals surface area contributed by atoms with Crippen molar-refractivity contribution in [3.05, 3.63) is 124 Å². The first-order chi connectivity index (χ1) is 22.9. The average Bonchev–Trinajstić information content (AvgIpc) is 3.08. The minimum absolute atomic E-state index is 0.0665. The van der Waals surface area contributed by atoms with Gasteiger partial charge in [-0.1, -0.05) is 66.5 Å². The van der Waals surface area contributed by atoms with Gasteiger partial charge in [-0.15, -0.1) is 0 Å². The second kappa shape index (κ2) is 16.8. The van der Waals surface area contributed by atoms with Gasteiger partial charge in [0.15, 0.2) is 0 Å². The summed E-state index contributed by atoms with van der Waals surface area (Å²) in [6.45, 7) is 5.23. The number of sulfonamides is 1. The van der Waals surface area contributed by atoms with Crippen molar-refractivity contribution in [2.45, 2.75) is 57.1 Å². The molecule has 48 heavy (non-hydrogen) atoms. The summed E-state index contributed by atoms with van der Waals surface area (Å²) >= 11 is 12.5. The number of rotatable bonds is 15. The van der Waals surface area contributed by atoms with Crippen LogP contribution in [0, 0.1) is 5.82 Å². The first kappa shape index (κ1) is 36.7. The van der Waals surface area contributed by atoms with Crippen molar-refractivity contribution in [1.29, 1.82) is 0 Å². The molecule has 0 unspecified atom stereocenters. The summed E-state index contributed by atoms with van der Waals surface area (Å²) in [6, 6.07) is 23.5. The fourth-order valence-corrected chi connectivity index (χ4v) is 6.70. The number of carbonyl (C=O) groups excluding carboxylic acids is 2. The van der Waals surface area contributed by atoms with E-state index in [1.807, 2.05) is 51.1 Å². The molecular formula is C36H38Cl2FN3O5S. The Kier molecular flexibility index (Phi) is 12.9. The van der Waals surface area contributed by atoms with Gasteiger partial charge in [-0.25, -0.2) is 12.8 Å². The van der Waals surface area contributed by atoms with Crippen molar-refractivity contribution < 1.29 is 27.1 Å². The summed E-state index contributed by atoms with van der Waals surface area (Å²) in [7, 11) is -4.37. The molecule has 2 amide bonds. The van der Waals surface area contributed by atoms with Gasteiger partial charge in [0.1, 0.15) is 24.2 Å². The summed E-state index contributed by atoms with van der Waals surface area (Å²) in [5.74, 6) is -1.16. The minimum atomic E-state index is -4.37. The lowest BCUT2D eigenvalue weighted by molar-refractivity contribution is -0.140. The Morgan fingerprint density at radius 2 is 1.54 bits per heavy atom. The minimum Gasteiger partial charge on any atom is -0.494 e. The monoisotopic (exact) mass is 713 g/mol. The van der Waals surface area contributed by atoms with E-state index in [4.69, 9.17) is 27.9 Å². The predicted molar refractivity (Wildman–Crippen MR) is 187 cm³/mol. The Hall–Kier alpha value is -4.12. The van der Waals surface area contributed by atoms with Gasteiger partial charge in [0, 0.05) is 19.0 Å². The highest BCUT2D eigenvalue weighted by Crippen LogP contribution is 2.28. The summed E-state index contributed by atoms with van der Waals surface area (Å²) in [4.78, 5) is 29.7. The van der Waals surface area contributed by atoms with Crippen LogP contribution in [0.5, 0.6) is 5.75 Å². The number of benzene rings is 4. The number of nitrogens with zero attached hydrogens (tertiary/aromatic N) is 2. The van der Waals surface area contributed by atoms with Crippen LogP contribution in [0.25, 0.3) is 0 Å².